The molecule has 2 aliphatic rings. The van der Waals surface area contributed by atoms with Crippen LogP contribution in [0.5, 0.6) is 5.75 Å². The van der Waals surface area contributed by atoms with Gasteiger partial charge in [0.2, 0.25) is 0 Å². The standard InChI is InChI=1S/C25H35FO3/c1-7-19-11-20(23(27)29-24(3,4)5)21(26)12-22(19)28-15-25(6)13-17-8-16(2)9-18(10-17)14-25/h7,11-12,16-18H,1,8-10,13-15H2,2-6H3. The van der Waals surface area contributed by atoms with E-state index in [4.69, 9.17) is 9.47 Å². The Kier molecular flexibility index (Phi) is 6.12. The molecule has 160 valence electrons. The van der Waals surface area contributed by atoms with Crippen molar-refractivity contribution in [3.05, 3.63) is 35.7 Å². The number of carbonyl (C=O) groups is 1. The lowest BCUT2D eigenvalue weighted by atomic mass is 9.60. The summed E-state index contributed by atoms with van der Waals surface area (Å²) in [5.74, 6) is 1.51. The number of benzene rings is 1. The summed E-state index contributed by atoms with van der Waals surface area (Å²) in [5, 5.41) is 0. The van der Waals surface area contributed by atoms with Crippen molar-refractivity contribution in [3.63, 3.8) is 0 Å². The topological polar surface area (TPSA) is 35.5 Å². The van der Waals surface area contributed by atoms with Crippen LogP contribution in [0.3, 0.4) is 0 Å². The molecule has 1 aromatic rings. The summed E-state index contributed by atoms with van der Waals surface area (Å²) in [4.78, 5) is 12.3. The minimum absolute atomic E-state index is 0.0884. The summed E-state index contributed by atoms with van der Waals surface area (Å²) in [6, 6.07) is 2.77. The van der Waals surface area contributed by atoms with Crippen molar-refractivity contribution in [2.75, 3.05) is 6.61 Å². The van der Waals surface area contributed by atoms with Gasteiger partial charge in [-0.25, -0.2) is 9.18 Å². The van der Waals surface area contributed by atoms with E-state index >= 15 is 0 Å². The summed E-state index contributed by atoms with van der Waals surface area (Å²) in [6.07, 6.45) is 7.89. The second kappa shape index (κ2) is 8.12. The molecule has 4 heteroatoms. The van der Waals surface area contributed by atoms with E-state index in [2.05, 4.69) is 20.4 Å². The Labute approximate surface area is 174 Å². The van der Waals surface area contributed by atoms with Crippen molar-refractivity contribution < 1.29 is 18.7 Å². The fourth-order valence-corrected chi connectivity index (χ4v) is 5.42. The molecule has 0 aliphatic heterocycles. The molecule has 3 rings (SSSR count). The third-order valence-electron chi connectivity index (χ3n) is 6.22. The first kappa shape index (κ1) is 21.9. The molecule has 0 aromatic heterocycles. The molecule has 0 spiro atoms. The van der Waals surface area contributed by atoms with Crippen molar-refractivity contribution in [2.45, 2.75) is 72.3 Å². The Morgan fingerprint density at radius 2 is 1.86 bits per heavy atom. The highest BCUT2D eigenvalue weighted by Crippen LogP contribution is 2.50. The molecule has 2 atom stereocenters. The van der Waals surface area contributed by atoms with Gasteiger partial charge in [0.05, 0.1) is 12.2 Å². The van der Waals surface area contributed by atoms with Gasteiger partial charge in [-0.2, -0.15) is 0 Å². The zero-order valence-corrected chi connectivity index (χ0v) is 18.5. The Morgan fingerprint density at radius 3 is 2.41 bits per heavy atom. The number of hydrogen-bond donors (Lipinski definition) is 0. The molecule has 0 radical (unpaired) electrons. The molecule has 29 heavy (non-hydrogen) atoms. The summed E-state index contributed by atoms with van der Waals surface area (Å²) < 4.78 is 26.1. The van der Waals surface area contributed by atoms with Crippen molar-refractivity contribution in [1.82, 2.24) is 0 Å². The van der Waals surface area contributed by atoms with Crippen LogP contribution in [0.1, 0.15) is 82.6 Å². The van der Waals surface area contributed by atoms with E-state index in [1.165, 1.54) is 31.4 Å². The van der Waals surface area contributed by atoms with Crippen LogP contribution in [-0.2, 0) is 4.74 Å². The maximum absolute atomic E-state index is 14.7. The average molecular weight is 403 g/mol. The summed E-state index contributed by atoms with van der Waals surface area (Å²) in [7, 11) is 0. The maximum Gasteiger partial charge on any atom is 0.341 e. The number of rotatable bonds is 5. The van der Waals surface area contributed by atoms with Crippen LogP contribution in [0.2, 0.25) is 0 Å². The van der Waals surface area contributed by atoms with Crippen LogP contribution in [0, 0.1) is 29.0 Å². The average Bonchev–Trinajstić information content (AvgIpc) is 2.57. The maximum atomic E-state index is 14.7. The van der Waals surface area contributed by atoms with E-state index in [1.807, 2.05) is 0 Å². The largest absolute Gasteiger partial charge is 0.492 e. The van der Waals surface area contributed by atoms with Gasteiger partial charge in [-0.3, -0.25) is 0 Å². The molecule has 0 N–H and O–H groups in total. The van der Waals surface area contributed by atoms with Crippen molar-refractivity contribution in [3.8, 4) is 5.75 Å². The molecule has 0 heterocycles. The lowest BCUT2D eigenvalue weighted by Gasteiger charge is -2.47. The molecule has 0 saturated heterocycles. The summed E-state index contributed by atoms with van der Waals surface area (Å²) in [5.41, 5.74) is -0.0555. The van der Waals surface area contributed by atoms with E-state index in [0.29, 0.717) is 17.9 Å². The first-order valence-electron chi connectivity index (χ1n) is 10.8. The first-order valence-corrected chi connectivity index (χ1v) is 10.8. The molecule has 2 saturated carbocycles. The highest BCUT2D eigenvalue weighted by atomic mass is 19.1. The molecule has 1 aromatic carbocycles. The molecule has 0 amide bonds. The molecule has 3 nitrogen and oxygen atoms in total. The van der Waals surface area contributed by atoms with Crippen LogP contribution < -0.4 is 4.74 Å². The zero-order chi connectivity index (χ0) is 21.4. The highest BCUT2D eigenvalue weighted by molar-refractivity contribution is 5.91. The van der Waals surface area contributed by atoms with Crippen LogP contribution in [-0.4, -0.2) is 18.2 Å². The van der Waals surface area contributed by atoms with Crippen LogP contribution in [0.4, 0.5) is 4.39 Å². The number of halogens is 1. The predicted molar refractivity (Wildman–Crippen MR) is 114 cm³/mol. The Balaban J connectivity index is 1.73. The van der Waals surface area contributed by atoms with Gasteiger partial charge in [-0.05, 0) is 76.7 Å². The number of esters is 1. The monoisotopic (exact) mass is 402 g/mol. The zero-order valence-electron chi connectivity index (χ0n) is 18.5. The number of carbonyl (C=O) groups excluding carboxylic acids is 1. The highest BCUT2D eigenvalue weighted by Gasteiger charge is 2.41. The second-order valence-electron chi connectivity index (χ2n) is 10.6. The number of fused-ring (bicyclic) bond motifs is 2. The van der Waals surface area contributed by atoms with Gasteiger partial charge in [0.15, 0.2) is 0 Å². The minimum atomic E-state index is -0.682. The molecule has 2 aliphatic carbocycles. The number of hydrogen-bond acceptors (Lipinski definition) is 3. The quantitative estimate of drug-likeness (QED) is 0.517. The van der Waals surface area contributed by atoms with Crippen LogP contribution >= 0.6 is 0 Å². The van der Waals surface area contributed by atoms with E-state index in [-0.39, 0.29) is 11.0 Å². The lowest BCUT2D eigenvalue weighted by molar-refractivity contribution is 0.00630. The predicted octanol–water partition coefficient (Wildman–Crippen LogP) is 6.66. The SMILES string of the molecule is C=Cc1cc(C(=O)OC(C)(C)C)c(F)cc1OCC1(C)CC2CC(C)CC(C2)C1. The summed E-state index contributed by atoms with van der Waals surface area (Å²) in [6.45, 7) is 14.3. The molecular formula is C25H35FO3. The Bertz CT molecular complexity index is 759. The smallest absolute Gasteiger partial charge is 0.341 e. The molecule has 2 bridgehead atoms. The van der Waals surface area contributed by atoms with Crippen molar-refractivity contribution in [2.24, 2.45) is 23.2 Å². The molecular weight excluding hydrogens is 367 g/mol. The molecule has 2 fully saturated rings. The normalized spacial score (nSPS) is 29.2. The van der Waals surface area contributed by atoms with Gasteiger partial charge >= 0.3 is 5.97 Å². The van der Waals surface area contributed by atoms with Crippen molar-refractivity contribution in [1.29, 1.82) is 0 Å². The fraction of sp³-hybridized carbons (Fsp3) is 0.640. The van der Waals surface area contributed by atoms with Gasteiger partial charge in [-0.15, -0.1) is 0 Å². The minimum Gasteiger partial charge on any atom is -0.492 e. The van der Waals surface area contributed by atoms with Gasteiger partial charge in [0.1, 0.15) is 17.2 Å². The van der Waals surface area contributed by atoms with Crippen LogP contribution in [0.25, 0.3) is 6.08 Å². The van der Waals surface area contributed by atoms with Gasteiger partial charge in [-0.1, -0.05) is 26.5 Å². The fourth-order valence-electron chi connectivity index (χ4n) is 5.42. The van der Waals surface area contributed by atoms with Gasteiger partial charge in [0.25, 0.3) is 0 Å². The van der Waals surface area contributed by atoms with Crippen LogP contribution in [0.15, 0.2) is 18.7 Å². The Morgan fingerprint density at radius 1 is 1.24 bits per heavy atom. The third-order valence-corrected chi connectivity index (χ3v) is 6.22. The van der Waals surface area contributed by atoms with Crippen molar-refractivity contribution >= 4 is 12.0 Å². The summed E-state index contributed by atoms with van der Waals surface area (Å²) >= 11 is 0. The van der Waals surface area contributed by atoms with Gasteiger partial charge in [0, 0.05) is 17.0 Å². The van der Waals surface area contributed by atoms with E-state index in [1.54, 1.807) is 26.8 Å². The molecule has 2 unspecified atom stereocenters. The van der Waals surface area contributed by atoms with E-state index in [0.717, 1.165) is 30.6 Å². The second-order valence-corrected chi connectivity index (χ2v) is 10.6. The van der Waals surface area contributed by atoms with Gasteiger partial charge < -0.3 is 9.47 Å². The lowest BCUT2D eigenvalue weighted by Crippen LogP contribution is -2.39. The Hall–Kier alpha value is -1.84. The third kappa shape index (κ3) is 5.40. The van der Waals surface area contributed by atoms with E-state index in [9.17, 15) is 9.18 Å². The van der Waals surface area contributed by atoms with E-state index < -0.39 is 17.4 Å². The number of ether oxygens (including phenoxy) is 2. The first-order chi connectivity index (χ1) is 13.5.